The van der Waals surface area contributed by atoms with Crippen molar-refractivity contribution >= 4 is 0 Å². The van der Waals surface area contributed by atoms with E-state index in [1.165, 1.54) is 44.3 Å². The summed E-state index contributed by atoms with van der Waals surface area (Å²) >= 11 is 0. The first-order chi connectivity index (χ1) is 9.90. The van der Waals surface area contributed by atoms with Crippen LogP contribution in [0.25, 0.3) is 0 Å². The van der Waals surface area contributed by atoms with Crippen LogP contribution in [0.4, 0.5) is 0 Å². The first-order valence-corrected chi connectivity index (χ1v) is 8.10. The lowest BCUT2D eigenvalue weighted by molar-refractivity contribution is 0.248. The largest absolute Gasteiger partial charge is 0.330 e. The van der Waals surface area contributed by atoms with Gasteiger partial charge in [0.25, 0.3) is 0 Å². The van der Waals surface area contributed by atoms with E-state index in [9.17, 15) is 0 Å². The van der Waals surface area contributed by atoms with Crippen molar-refractivity contribution < 1.29 is 0 Å². The van der Waals surface area contributed by atoms with Crippen molar-refractivity contribution in [2.24, 2.45) is 5.73 Å². The molecular formula is C17H29N3. The summed E-state index contributed by atoms with van der Waals surface area (Å²) in [6, 6.07) is 8.87. The molecule has 1 aliphatic heterocycles. The maximum absolute atomic E-state index is 5.47. The molecule has 1 heterocycles. The van der Waals surface area contributed by atoms with E-state index >= 15 is 0 Å². The predicted octanol–water partition coefficient (Wildman–Crippen LogP) is 2.15. The van der Waals surface area contributed by atoms with E-state index < -0.39 is 0 Å². The van der Waals surface area contributed by atoms with Crippen molar-refractivity contribution in [2.75, 3.05) is 32.7 Å². The highest BCUT2D eigenvalue weighted by molar-refractivity contribution is 5.28. The first kappa shape index (κ1) is 15.5. The second kappa shape index (κ2) is 9.11. The zero-order valence-electron chi connectivity index (χ0n) is 12.6. The van der Waals surface area contributed by atoms with Crippen molar-refractivity contribution in [2.45, 2.75) is 38.6 Å². The van der Waals surface area contributed by atoms with Gasteiger partial charge in [0.2, 0.25) is 0 Å². The molecule has 0 saturated heterocycles. The van der Waals surface area contributed by atoms with Crippen molar-refractivity contribution in [1.29, 1.82) is 0 Å². The fourth-order valence-corrected chi connectivity index (χ4v) is 2.85. The molecule has 0 spiro atoms. The Morgan fingerprint density at radius 1 is 1.00 bits per heavy atom. The molecule has 0 bridgehead atoms. The van der Waals surface area contributed by atoms with Crippen LogP contribution in [0.5, 0.6) is 0 Å². The number of nitrogens with two attached hydrogens (primary N) is 1. The van der Waals surface area contributed by atoms with Gasteiger partial charge in [0.05, 0.1) is 0 Å². The number of hydrogen-bond acceptors (Lipinski definition) is 3. The van der Waals surface area contributed by atoms with Gasteiger partial charge in [0.1, 0.15) is 0 Å². The Labute approximate surface area is 123 Å². The lowest BCUT2D eigenvalue weighted by atomic mass is 10.00. The summed E-state index contributed by atoms with van der Waals surface area (Å²) in [6.07, 6.45) is 6.14. The lowest BCUT2D eigenvalue weighted by Gasteiger charge is -2.28. The number of nitrogens with zero attached hydrogens (tertiary/aromatic N) is 1. The van der Waals surface area contributed by atoms with Gasteiger partial charge in [-0.1, -0.05) is 24.3 Å². The van der Waals surface area contributed by atoms with Gasteiger partial charge in [-0.05, 0) is 69.4 Å². The fraction of sp³-hybridized carbons (Fsp3) is 0.647. The van der Waals surface area contributed by atoms with Crippen LogP contribution in [0, 0.1) is 0 Å². The van der Waals surface area contributed by atoms with E-state index in [2.05, 4.69) is 34.5 Å². The molecule has 3 heteroatoms. The quantitative estimate of drug-likeness (QED) is 0.679. The third-order valence-corrected chi connectivity index (χ3v) is 4.10. The number of benzene rings is 1. The topological polar surface area (TPSA) is 41.3 Å². The van der Waals surface area contributed by atoms with Crippen LogP contribution in [-0.2, 0) is 13.0 Å². The minimum atomic E-state index is 0.818. The van der Waals surface area contributed by atoms with Crippen molar-refractivity contribution in [3.63, 3.8) is 0 Å². The smallest absolute Gasteiger partial charge is 0.0236 e. The molecule has 1 aromatic carbocycles. The van der Waals surface area contributed by atoms with Crippen LogP contribution in [-0.4, -0.2) is 37.6 Å². The second-order valence-electron chi connectivity index (χ2n) is 5.75. The van der Waals surface area contributed by atoms with Gasteiger partial charge >= 0.3 is 0 Å². The molecule has 20 heavy (non-hydrogen) atoms. The van der Waals surface area contributed by atoms with Crippen LogP contribution >= 0.6 is 0 Å². The molecule has 0 radical (unpaired) electrons. The summed E-state index contributed by atoms with van der Waals surface area (Å²) in [6.45, 7) is 6.68. The zero-order valence-corrected chi connectivity index (χ0v) is 12.6. The number of hydrogen-bond donors (Lipinski definition) is 2. The molecule has 1 aliphatic rings. The molecule has 0 aromatic heterocycles. The second-order valence-corrected chi connectivity index (χ2v) is 5.75. The van der Waals surface area contributed by atoms with Crippen LogP contribution in [0.1, 0.15) is 36.8 Å². The highest BCUT2D eigenvalue weighted by Crippen LogP contribution is 2.18. The van der Waals surface area contributed by atoms with Crippen LogP contribution in [0.3, 0.4) is 0 Å². The number of unbranched alkanes of at least 4 members (excludes halogenated alkanes) is 2. The number of rotatable bonds is 9. The Balaban J connectivity index is 1.53. The Hall–Kier alpha value is -0.900. The van der Waals surface area contributed by atoms with Crippen molar-refractivity contribution in [3.8, 4) is 0 Å². The molecule has 3 nitrogen and oxygen atoms in total. The Bertz CT molecular complexity index is 378. The molecule has 0 fully saturated rings. The highest BCUT2D eigenvalue weighted by Gasteiger charge is 2.14. The van der Waals surface area contributed by atoms with E-state index in [1.54, 1.807) is 5.56 Å². The molecule has 0 amide bonds. The average molecular weight is 275 g/mol. The summed E-state index contributed by atoms with van der Waals surface area (Å²) in [5.74, 6) is 0. The first-order valence-electron chi connectivity index (χ1n) is 8.10. The van der Waals surface area contributed by atoms with Crippen molar-refractivity contribution in [1.82, 2.24) is 10.2 Å². The summed E-state index contributed by atoms with van der Waals surface area (Å²) in [4.78, 5) is 2.59. The SMILES string of the molecule is NCCCCNCCCCN1CCc2ccccc2C1. The predicted molar refractivity (Wildman–Crippen MR) is 85.8 cm³/mol. The molecule has 1 aromatic rings. The van der Waals surface area contributed by atoms with E-state index in [0.29, 0.717) is 0 Å². The molecule has 0 aliphatic carbocycles. The van der Waals surface area contributed by atoms with Gasteiger partial charge in [-0.15, -0.1) is 0 Å². The number of fused-ring (bicyclic) bond motifs is 1. The maximum atomic E-state index is 5.47. The van der Waals surface area contributed by atoms with Crippen LogP contribution in [0.15, 0.2) is 24.3 Å². The summed E-state index contributed by atoms with van der Waals surface area (Å²) in [5, 5.41) is 3.50. The van der Waals surface area contributed by atoms with E-state index in [4.69, 9.17) is 5.73 Å². The van der Waals surface area contributed by atoms with E-state index in [0.717, 1.165) is 32.6 Å². The van der Waals surface area contributed by atoms with Gasteiger partial charge in [-0.25, -0.2) is 0 Å². The monoisotopic (exact) mass is 275 g/mol. The Morgan fingerprint density at radius 2 is 1.75 bits per heavy atom. The average Bonchev–Trinajstić information content (AvgIpc) is 2.50. The maximum Gasteiger partial charge on any atom is 0.0236 e. The van der Waals surface area contributed by atoms with Gasteiger partial charge < -0.3 is 11.1 Å². The third kappa shape index (κ3) is 5.23. The third-order valence-electron chi connectivity index (χ3n) is 4.10. The molecule has 3 N–H and O–H groups in total. The van der Waals surface area contributed by atoms with Gasteiger partial charge in [0, 0.05) is 13.1 Å². The van der Waals surface area contributed by atoms with Gasteiger partial charge in [-0.2, -0.15) is 0 Å². The number of nitrogens with one attached hydrogen (secondary N) is 1. The summed E-state index contributed by atoms with van der Waals surface area (Å²) in [5.41, 5.74) is 8.55. The van der Waals surface area contributed by atoms with Crippen molar-refractivity contribution in [3.05, 3.63) is 35.4 Å². The molecule has 0 unspecified atom stereocenters. The fourth-order valence-electron chi connectivity index (χ4n) is 2.85. The van der Waals surface area contributed by atoms with Gasteiger partial charge in [-0.3, -0.25) is 4.90 Å². The minimum Gasteiger partial charge on any atom is -0.330 e. The highest BCUT2D eigenvalue weighted by atomic mass is 15.1. The molecule has 0 atom stereocenters. The van der Waals surface area contributed by atoms with Gasteiger partial charge in [0.15, 0.2) is 0 Å². The van der Waals surface area contributed by atoms with Crippen LogP contribution < -0.4 is 11.1 Å². The molecule has 112 valence electrons. The normalized spacial score (nSPS) is 15.2. The van der Waals surface area contributed by atoms with E-state index in [1.807, 2.05) is 0 Å². The minimum absolute atomic E-state index is 0.818. The van der Waals surface area contributed by atoms with Crippen LogP contribution in [0.2, 0.25) is 0 Å². The lowest BCUT2D eigenvalue weighted by Crippen LogP contribution is -2.31. The summed E-state index contributed by atoms with van der Waals surface area (Å²) < 4.78 is 0. The standard InChI is InChI=1S/C17H29N3/c18-10-3-4-11-19-12-5-6-13-20-14-9-16-7-1-2-8-17(16)15-20/h1-2,7-8,19H,3-6,9-15,18H2. The molecule has 0 saturated carbocycles. The Morgan fingerprint density at radius 3 is 2.55 bits per heavy atom. The molecular weight excluding hydrogens is 246 g/mol. The molecule has 2 rings (SSSR count). The summed E-state index contributed by atoms with van der Waals surface area (Å²) in [7, 11) is 0. The Kier molecular flexibility index (Phi) is 7.06. The van der Waals surface area contributed by atoms with E-state index in [-0.39, 0.29) is 0 Å². The zero-order chi connectivity index (χ0) is 14.0.